The molecule has 564 valence electrons. The zero-order valence-corrected chi connectivity index (χ0v) is 63.9. The van der Waals surface area contributed by atoms with Crippen molar-refractivity contribution in [2.24, 2.45) is 17.8 Å². The van der Waals surface area contributed by atoms with Gasteiger partial charge in [-0.25, -0.2) is 9.13 Å². The van der Waals surface area contributed by atoms with Crippen molar-refractivity contribution >= 4 is 39.5 Å². The first kappa shape index (κ1) is 93.1. The van der Waals surface area contributed by atoms with Gasteiger partial charge in [-0.2, -0.15) is 0 Å². The van der Waals surface area contributed by atoms with E-state index in [1.165, 1.54) is 193 Å². The summed E-state index contributed by atoms with van der Waals surface area (Å²) in [4.78, 5) is 72.8. The number of carbonyl (C=O) groups excluding carboxylic acids is 4. The van der Waals surface area contributed by atoms with E-state index in [0.717, 1.165) is 114 Å². The second-order valence-electron chi connectivity index (χ2n) is 28.6. The minimum atomic E-state index is -4.96. The van der Waals surface area contributed by atoms with Crippen molar-refractivity contribution in [3.8, 4) is 0 Å². The van der Waals surface area contributed by atoms with E-state index in [9.17, 15) is 43.2 Å². The van der Waals surface area contributed by atoms with Crippen LogP contribution in [-0.4, -0.2) is 96.7 Å². The summed E-state index contributed by atoms with van der Waals surface area (Å²) in [6.07, 6.45) is 52.7. The lowest BCUT2D eigenvalue weighted by atomic mass is 10.00. The van der Waals surface area contributed by atoms with Crippen LogP contribution in [0.15, 0.2) is 0 Å². The molecule has 0 spiro atoms. The zero-order chi connectivity index (χ0) is 70.1. The summed E-state index contributed by atoms with van der Waals surface area (Å²) in [5, 5.41) is 10.6. The fraction of sp³-hybridized carbons (Fsp3) is 0.947. The molecule has 0 aromatic rings. The molecule has 0 saturated heterocycles. The average Bonchev–Trinajstić information content (AvgIpc) is 3.48. The quantitative estimate of drug-likeness (QED) is 0.0222. The van der Waals surface area contributed by atoms with Gasteiger partial charge in [0.15, 0.2) is 12.2 Å². The molecule has 3 unspecified atom stereocenters. The van der Waals surface area contributed by atoms with Gasteiger partial charge in [-0.15, -0.1) is 0 Å². The molecule has 0 aromatic heterocycles. The highest BCUT2D eigenvalue weighted by molar-refractivity contribution is 7.47. The van der Waals surface area contributed by atoms with Gasteiger partial charge in [-0.05, 0) is 43.4 Å². The Morgan fingerprint density at radius 3 is 0.800 bits per heavy atom. The topological polar surface area (TPSA) is 237 Å². The molecule has 0 fully saturated rings. The maximum atomic E-state index is 13.1. The van der Waals surface area contributed by atoms with Crippen molar-refractivity contribution in [1.29, 1.82) is 0 Å². The Hall–Kier alpha value is -1.94. The van der Waals surface area contributed by atoms with E-state index in [1.54, 1.807) is 0 Å². The maximum absolute atomic E-state index is 13.1. The van der Waals surface area contributed by atoms with Crippen LogP contribution in [0.4, 0.5) is 0 Å². The summed E-state index contributed by atoms with van der Waals surface area (Å²) in [5.41, 5.74) is 0. The molecular weight excluding hydrogens is 1250 g/mol. The number of aliphatic hydroxyl groups is 1. The summed E-state index contributed by atoms with van der Waals surface area (Å²) in [7, 11) is -9.91. The Morgan fingerprint density at radius 2 is 0.537 bits per heavy atom. The van der Waals surface area contributed by atoms with Gasteiger partial charge >= 0.3 is 39.5 Å². The maximum Gasteiger partial charge on any atom is 0.472 e. The van der Waals surface area contributed by atoms with Crippen LogP contribution in [0.5, 0.6) is 0 Å². The van der Waals surface area contributed by atoms with Gasteiger partial charge in [0.2, 0.25) is 0 Å². The largest absolute Gasteiger partial charge is 0.472 e. The minimum absolute atomic E-state index is 0.105. The number of esters is 4. The van der Waals surface area contributed by atoms with E-state index >= 15 is 0 Å². The Labute approximate surface area is 581 Å². The monoisotopic (exact) mass is 1400 g/mol. The molecule has 0 rings (SSSR count). The molecule has 0 aliphatic heterocycles. The number of phosphoric acid groups is 2. The second-order valence-corrected chi connectivity index (χ2v) is 31.5. The highest BCUT2D eigenvalue weighted by Crippen LogP contribution is 2.45. The van der Waals surface area contributed by atoms with Crippen LogP contribution in [0.25, 0.3) is 0 Å². The number of rotatable bonds is 74. The van der Waals surface area contributed by atoms with E-state index in [4.69, 9.17) is 37.0 Å². The van der Waals surface area contributed by atoms with Crippen LogP contribution in [0.2, 0.25) is 0 Å². The van der Waals surface area contributed by atoms with E-state index in [-0.39, 0.29) is 25.7 Å². The summed E-state index contributed by atoms with van der Waals surface area (Å²) in [5.74, 6) is 0.168. The molecule has 3 N–H and O–H groups in total. The second kappa shape index (κ2) is 66.6. The first-order valence-electron chi connectivity index (χ1n) is 39.4. The third kappa shape index (κ3) is 69.0. The van der Waals surface area contributed by atoms with Gasteiger partial charge in [0.1, 0.15) is 19.3 Å². The van der Waals surface area contributed by atoms with E-state index < -0.39 is 97.5 Å². The van der Waals surface area contributed by atoms with E-state index in [2.05, 4.69) is 48.5 Å². The number of hydrogen-bond acceptors (Lipinski definition) is 15. The van der Waals surface area contributed by atoms with E-state index in [1.807, 2.05) is 0 Å². The molecule has 0 bridgehead atoms. The first-order valence-corrected chi connectivity index (χ1v) is 42.4. The average molecular weight is 1400 g/mol. The molecule has 6 atom stereocenters. The van der Waals surface area contributed by atoms with Crippen molar-refractivity contribution in [1.82, 2.24) is 0 Å². The van der Waals surface area contributed by atoms with Gasteiger partial charge in [-0.1, -0.05) is 337 Å². The van der Waals surface area contributed by atoms with Gasteiger partial charge in [0, 0.05) is 25.7 Å². The zero-order valence-electron chi connectivity index (χ0n) is 62.1. The molecule has 17 nitrogen and oxygen atoms in total. The van der Waals surface area contributed by atoms with Crippen molar-refractivity contribution < 1.29 is 80.2 Å². The lowest BCUT2D eigenvalue weighted by Crippen LogP contribution is -2.30. The fourth-order valence-corrected chi connectivity index (χ4v) is 13.1. The highest BCUT2D eigenvalue weighted by atomic mass is 31.2. The van der Waals surface area contributed by atoms with Crippen molar-refractivity contribution in [3.63, 3.8) is 0 Å². The Kier molecular flexibility index (Phi) is 65.2. The van der Waals surface area contributed by atoms with Crippen molar-refractivity contribution in [3.05, 3.63) is 0 Å². The summed E-state index contributed by atoms with van der Waals surface area (Å²) in [6.45, 7) is 11.9. The summed E-state index contributed by atoms with van der Waals surface area (Å²) >= 11 is 0. The Bertz CT molecular complexity index is 1850. The highest BCUT2D eigenvalue weighted by Gasteiger charge is 2.30. The third-order valence-electron chi connectivity index (χ3n) is 18.0. The van der Waals surface area contributed by atoms with Gasteiger partial charge in [0.25, 0.3) is 0 Å². The van der Waals surface area contributed by atoms with Crippen LogP contribution in [0, 0.1) is 17.8 Å². The van der Waals surface area contributed by atoms with Crippen LogP contribution < -0.4 is 0 Å². The molecule has 0 amide bonds. The lowest BCUT2D eigenvalue weighted by Gasteiger charge is -2.21. The van der Waals surface area contributed by atoms with Gasteiger partial charge in [0.05, 0.1) is 26.4 Å². The lowest BCUT2D eigenvalue weighted by molar-refractivity contribution is -0.161. The first-order chi connectivity index (χ1) is 45.8. The molecular formula is C76H148O17P2. The number of phosphoric ester groups is 2. The predicted molar refractivity (Wildman–Crippen MR) is 386 cm³/mol. The van der Waals surface area contributed by atoms with Crippen molar-refractivity contribution in [2.45, 2.75) is 407 Å². The van der Waals surface area contributed by atoms with Crippen LogP contribution in [0.3, 0.4) is 0 Å². The smallest absolute Gasteiger partial charge is 0.462 e. The molecule has 0 aliphatic rings. The molecule has 0 saturated carbocycles. The molecule has 95 heavy (non-hydrogen) atoms. The van der Waals surface area contributed by atoms with Gasteiger partial charge < -0.3 is 33.8 Å². The van der Waals surface area contributed by atoms with Crippen LogP contribution >= 0.6 is 15.6 Å². The van der Waals surface area contributed by atoms with Crippen LogP contribution in [-0.2, 0) is 65.4 Å². The molecule has 0 aliphatic carbocycles. The fourth-order valence-electron chi connectivity index (χ4n) is 11.6. The number of ether oxygens (including phenoxy) is 4. The normalized spacial score (nSPS) is 14.4. The SMILES string of the molecule is CCCCCCCCCCCCCCCCC(=O)OC[C@H](COP(=O)(O)OC[C@@H](O)COP(=O)(O)OC[C@@H](COC(=O)CCCCCCCCC(C)CC)OC(=O)CCCCCCCCCCCCC(C)C)OC(=O)CCCCCCCCCCCCCCCCCC(C)C. The number of aliphatic hydroxyl groups excluding tert-OH is 1. The predicted octanol–water partition coefficient (Wildman–Crippen LogP) is 22.2. The Morgan fingerprint density at radius 1 is 0.305 bits per heavy atom. The molecule has 0 radical (unpaired) electrons. The minimum Gasteiger partial charge on any atom is -0.462 e. The summed E-state index contributed by atoms with van der Waals surface area (Å²) in [6, 6.07) is 0. The number of carbonyl (C=O) groups is 4. The Balaban J connectivity index is 5.25. The van der Waals surface area contributed by atoms with E-state index in [0.29, 0.717) is 25.7 Å². The number of unbranched alkanes of at least 4 members (excludes halogenated alkanes) is 41. The molecule has 0 heterocycles. The molecule has 19 heteroatoms. The van der Waals surface area contributed by atoms with Crippen molar-refractivity contribution in [2.75, 3.05) is 39.6 Å². The molecule has 0 aromatic carbocycles. The standard InChI is InChI=1S/C76H148O17P2/c1-8-10-11-12-13-14-15-16-21-24-30-35-43-50-57-73(78)86-63-71(92-75(80)59-52-45-36-31-25-22-19-17-18-20-23-28-33-40-47-54-67(3)4)65-90-94(82,83)88-61-70(77)62-89-95(84,85)91-66-72(64-87-74(79)58-51-44-39-38-42-49-56-69(7)9-2)93-76(81)60-53-46-37-32-27-26-29-34-41-48-55-68(5)6/h67-72,77H,8-66H2,1-7H3,(H,82,83)(H,84,85)/t69?,70-,71-,72-/m1/s1. The third-order valence-corrected chi connectivity index (χ3v) is 19.9. The summed E-state index contributed by atoms with van der Waals surface area (Å²) < 4.78 is 68.5. The van der Waals surface area contributed by atoms with Crippen LogP contribution in [0.1, 0.15) is 389 Å². The number of hydrogen-bond donors (Lipinski definition) is 3. The van der Waals surface area contributed by atoms with Gasteiger partial charge in [-0.3, -0.25) is 37.3 Å².